The maximum Gasteiger partial charge on any atom is 1.00 e. The second-order valence-corrected chi connectivity index (χ2v) is 2.64. The minimum atomic E-state index is -2.92. The molecule has 88 valence electrons. The summed E-state index contributed by atoms with van der Waals surface area (Å²) in [4.78, 5) is 26.2. The third-order valence-electron chi connectivity index (χ3n) is 1.16. The van der Waals surface area contributed by atoms with E-state index in [-0.39, 0.29) is 56.6 Å². The summed E-state index contributed by atoms with van der Waals surface area (Å²) in [5.74, 6) is -3.00. The molecule has 0 saturated carbocycles. The van der Waals surface area contributed by atoms with Gasteiger partial charge < -0.3 is 15.1 Å². The van der Waals surface area contributed by atoms with Gasteiger partial charge in [0.1, 0.15) is 0 Å². The van der Waals surface area contributed by atoms with Gasteiger partial charge in [0.2, 0.25) is 0 Å². The van der Waals surface area contributed by atoms with Gasteiger partial charge in [-0.05, 0) is 13.8 Å². The van der Waals surface area contributed by atoms with Crippen LogP contribution in [0.15, 0.2) is 0 Å². The van der Waals surface area contributed by atoms with Crippen LogP contribution in [-0.2, 0) is 19.5 Å². The zero-order chi connectivity index (χ0) is 12.6. The summed E-state index contributed by atoms with van der Waals surface area (Å²) in [5, 5.41) is 25.2. The van der Waals surface area contributed by atoms with Crippen molar-refractivity contribution in [1.82, 2.24) is 0 Å². The molecule has 0 N–H and O–H groups in total. The van der Waals surface area contributed by atoms with Gasteiger partial charge in [-0.2, -0.15) is 0 Å². The van der Waals surface area contributed by atoms with Gasteiger partial charge in [-0.25, -0.2) is 9.59 Å². The van der Waals surface area contributed by atoms with Gasteiger partial charge in [-0.3, -0.25) is 17.2 Å². The van der Waals surface area contributed by atoms with Crippen LogP contribution in [0.1, 0.15) is 13.8 Å². The van der Waals surface area contributed by atoms with Gasteiger partial charge in [0.25, 0.3) is 0 Å². The molecule has 7 nitrogen and oxygen atoms in total. The number of carbonyl (C=O) groups excluding carboxylic acids is 2. The fraction of sp³-hybridized carbons (Fsp3) is 0.600. The molecule has 0 amide bonds. The van der Waals surface area contributed by atoms with E-state index in [4.69, 9.17) is 15.1 Å². The van der Waals surface area contributed by atoms with Gasteiger partial charge in [-0.1, -0.05) is 0 Å². The van der Waals surface area contributed by atoms with Crippen LogP contribution in [0.5, 0.6) is 0 Å². The molecule has 0 spiro atoms. The predicted octanol–water partition coefficient (Wildman–Crippen LogP) is -12.1. The first-order valence-electron chi connectivity index (χ1n) is 3.33. The fourth-order valence-electron chi connectivity index (χ4n) is 0.276. The van der Waals surface area contributed by atoms with Gasteiger partial charge in [0.05, 0.1) is 0 Å². The van der Waals surface area contributed by atoms with Gasteiger partial charge in [-0.15, -0.1) is 0 Å². The molecule has 0 fully saturated rings. The second kappa shape index (κ2) is 15.6. The fourth-order valence-corrected chi connectivity index (χ4v) is 0.276. The number of carbonyl (C=O) groups is 2. The van der Waals surface area contributed by atoms with Crippen LogP contribution in [0.3, 0.4) is 0 Å². The number of halogens is 2. The molecular formula is C5H6BF2Li3O7. The first kappa shape index (κ1) is 31.1. The largest absolute Gasteiger partial charge is 1.00 e. The zero-order valence-corrected chi connectivity index (χ0v) is 10.7. The summed E-state index contributed by atoms with van der Waals surface area (Å²) in [5.41, 5.74) is -1.95. The maximum absolute atomic E-state index is 11.2. The van der Waals surface area contributed by atoms with Crippen LogP contribution in [0, 0.1) is 5.41 Å². The number of rotatable bonds is 2. The minimum absolute atomic E-state index is 0. The standard InChI is InChI=1S/C5H6F2O4.BO3.3Li/c1-5(2,3(8)10-6)4(9)11-7;2-1(3)4;;;/h1-2H3;;;;/q;-3;3*+1. The quantitative estimate of drug-likeness (QED) is 0.351. The SMILES string of the molecule is CC(C)(C(=O)OF)C(=O)OF.[Li+].[Li+].[Li+].[O-]B([O-])[O-]. The summed E-state index contributed by atoms with van der Waals surface area (Å²) in [6, 6.07) is 0. The van der Waals surface area contributed by atoms with Crippen molar-refractivity contribution in [2.45, 2.75) is 13.8 Å². The first-order valence-corrected chi connectivity index (χ1v) is 3.33. The summed E-state index contributed by atoms with van der Waals surface area (Å²) in [7, 11) is -2.92. The molecule has 0 bridgehead atoms. The van der Waals surface area contributed by atoms with E-state index >= 15 is 0 Å². The third-order valence-corrected chi connectivity index (χ3v) is 1.16. The summed E-state index contributed by atoms with van der Waals surface area (Å²) in [6.07, 6.45) is 0. The molecule has 0 aromatic rings. The molecule has 18 heavy (non-hydrogen) atoms. The monoisotopic (exact) mass is 248 g/mol. The first-order chi connectivity index (χ1) is 6.69. The van der Waals surface area contributed by atoms with E-state index in [1.807, 2.05) is 0 Å². The van der Waals surface area contributed by atoms with Crippen molar-refractivity contribution in [2.24, 2.45) is 5.41 Å². The molecule has 0 aromatic heterocycles. The van der Waals surface area contributed by atoms with Crippen molar-refractivity contribution in [3.05, 3.63) is 0 Å². The molecule has 0 aliphatic heterocycles. The maximum atomic E-state index is 11.2. The Labute approximate surface area is 138 Å². The van der Waals surface area contributed by atoms with Crippen LogP contribution in [-0.4, -0.2) is 19.3 Å². The van der Waals surface area contributed by atoms with E-state index in [1.165, 1.54) is 0 Å². The predicted molar refractivity (Wildman–Crippen MR) is 33.9 cm³/mol. The molecule has 0 unspecified atom stereocenters. The normalized spacial score (nSPS) is 7.94. The van der Waals surface area contributed by atoms with E-state index in [9.17, 15) is 18.6 Å². The van der Waals surface area contributed by atoms with E-state index in [0.717, 1.165) is 13.8 Å². The van der Waals surface area contributed by atoms with E-state index < -0.39 is 24.7 Å². The molecule has 0 aliphatic rings. The molecule has 0 radical (unpaired) electrons. The molecule has 0 saturated heterocycles. The third kappa shape index (κ3) is 14.6. The van der Waals surface area contributed by atoms with Gasteiger partial charge in [0, 0.05) is 9.05 Å². The Bertz CT molecular complexity index is 210. The second-order valence-electron chi connectivity index (χ2n) is 2.64. The average molecular weight is 248 g/mol. The van der Waals surface area contributed by atoms with E-state index in [0.29, 0.717) is 0 Å². The Hall–Kier alpha value is 0.537. The smallest absolute Gasteiger partial charge is 0.907 e. The van der Waals surface area contributed by atoms with Crippen molar-refractivity contribution >= 4 is 19.3 Å². The van der Waals surface area contributed by atoms with Crippen molar-refractivity contribution < 1.29 is 100 Å². The zero-order valence-electron chi connectivity index (χ0n) is 10.7. The molecule has 13 heteroatoms. The topological polar surface area (TPSA) is 122 Å². The molecular weight excluding hydrogens is 242 g/mol. The Kier molecular flexibility index (Phi) is 27.0. The van der Waals surface area contributed by atoms with E-state index in [2.05, 4.69) is 9.88 Å². The van der Waals surface area contributed by atoms with Crippen molar-refractivity contribution in [2.75, 3.05) is 0 Å². The molecule has 0 rings (SSSR count). The van der Waals surface area contributed by atoms with E-state index in [1.54, 1.807) is 0 Å². The van der Waals surface area contributed by atoms with Crippen molar-refractivity contribution in [3.63, 3.8) is 0 Å². The molecule has 0 aromatic carbocycles. The van der Waals surface area contributed by atoms with Crippen LogP contribution in [0.2, 0.25) is 0 Å². The molecule has 0 atom stereocenters. The number of hydrogen-bond donors (Lipinski definition) is 0. The van der Waals surface area contributed by atoms with Crippen molar-refractivity contribution in [3.8, 4) is 0 Å². The Morgan fingerprint density at radius 1 is 0.944 bits per heavy atom. The summed E-state index contributed by atoms with van der Waals surface area (Å²) < 4.78 is 22.4. The van der Waals surface area contributed by atoms with Crippen LogP contribution >= 0.6 is 0 Å². The summed E-state index contributed by atoms with van der Waals surface area (Å²) in [6.45, 7) is 1.94. The minimum Gasteiger partial charge on any atom is -0.907 e. The Balaban J connectivity index is -0.0000000712. The number of hydrogen-bond acceptors (Lipinski definition) is 7. The summed E-state index contributed by atoms with van der Waals surface area (Å²) >= 11 is 0. The Morgan fingerprint density at radius 3 is 1.22 bits per heavy atom. The van der Waals surface area contributed by atoms with Crippen LogP contribution in [0.4, 0.5) is 9.05 Å². The van der Waals surface area contributed by atoms with Gasteiger partial charge >= 0.3 is 68.5 Å². The van der Waals surface area contributed by atoms with Crippen LogP contribution < -0.4 is 71.7 Å². The molecule has 0 aliphatic carbocycles. The van der Waals surface area contributed by atoms with Gasteiger partial charge in [0.15, 0.2) is 5.41 Å². The Morgan fingerprint density at radius 2 is 1.11 bits per heavy atom. The molecule has 0 heterocycles. The van der Waals surface area contributed by atoms with Crippen LogP contribution in [0.25, 0.3) is 0 Å². The van der Waals surface area contributed by atoms with Crippen molar-refractivity contribution in [1.29, 1.82) is 0 Å². The average Bonchev–Trinajstić information content (AvgIpc) is 2.14.